The van der Waals surface area contributed by atoms with Gasteiger partial charge in [-0.15, -0.1) is 0 Å². The third-order valence-corrected chi connectivity index (χ3v) is 4.03. The molecule has 5 nitrogen and oxygen atoms in total. The number of benzene rings is 1. The molecule has 0 unspecified atom stereocenters. The highest BCUT2D eigenvalue weighted by Gasteiger charge is 2.52. The molecule has 1 aromatic rings. The van der Waals surface area contributed by atoms with E-state index in [0.29, 0.717) is 11.0 Å². The Morgan fingerprint density at radius 1 is 1.25 bits per heavy atom. The Hall–Kier alpha value is -1.53. The summed E-state index contributed by atoms with van der Waals surface area (Å²) in [6, 6.07) is 4.96. The fourth-order valence-corrected chi connectivity index (χ4v) is 2.17. The number of amides is 1. The lowest BCUT2D eigenvalue weighted by molar-refractivity contribution is -0.117. The largest absolute Gasteiger partial charge is 0.508 e. The zero-order chi connectivity index (χ0) is 15.1. The van der Waals surface area contributed by atoms with Crippen LogP contribution in [-0.4, -0.2) is 29.3 Å². The summed E-state index contributed by atoms with van der Waals surface area (Å²) in [5.41, 5.74) is 5.32. The van der Waals surface area contributed by atoms with Crippen LogP contribution in [0.3, 0.4) is 0 Å². The van der Waals surface area contributed by atoms with Crippen molar-refractivity contribution in [1.29, 1.82) is 0 Å². The van der Waals surface area contributed by atoms with Gasteiger partial charge in [0.1, 0.15) is 5.75 Å². The summed E-state index contributed by atoms with van der Waals surface area (Å²) in [6.45, 7) is 7.73. The molecular weight excluding hydrogens is 257 g/mol. The predicted octanol–water partition coefficient (Wildman–Crippen LogP) is 0.719. The SMILES string of the molecule is CC1(C)OB(c2c(O)cccc2CC(N)=O)OC1(C)C. The average molecular weight is 277 g/mol. The Bertz CT molecular complexity index is 526. The van der Waals surface area contributed by atoms with Crippen LogP contribution in [0.5, 0.6) is 5.75 Å². The van der Waals surface area contributed by atoms with E-state index < -0.39 is 24.2 Å². The maximum Gasteiger partial charge on any atom is 0.498 e. The van der Waals surface area contributed by atoms with E-state index in [0.717, 1.165) is 0 Å². The third kappa shape index (κ3) is 2.53. The lowest BCUT2D eigenvalue weighted by atomic mass is 9.74. The molecule has 1 aromatic carbocycles. The zero-order valence-corrected chi connectivity index (χ0v) is 12.3. The van der Waals surface area contributed by atoms with E-state index in [9.17, 15) is 9.90 Å². The molecule has 1 aliphatic heterocycles. The summed E-state index contributed by atoms with van der Waals surface area (Å²) >= 11 is 0. The first-order valence-corrected chi connectivity index (χ1v) is 6.59. The van der Waals surface area contributed by atoms with Crippen LogP contribution in [-0.2, 0) is 20.5 Å². The molecule has 0 aromatic heterocycles. The van der Waals surface area contributed by atoms with Crippen LogP contribution in [0.25, 0.3) is 0 Å². The monoisotopic (exact) mass is 277 g/mol. The molecule has 0 atom stereocenters. The molecule has 0 spiro atoms. The zero-order valence-electron chi connectivity index (χ0n) is 12.3. The van der Waals surface area contributed by atoms with Gasteiger partial charge in [-0.1, -0.05) is 12.1 Å². The van der Waals surface area contributed by atoms with Crippen molar-refractivity contribution in [2.45, 2.75) is 45.3 Å². The van der Waals surface area contributed by atoms with E-state index in [-0.39, 0.29) is 12.2 Å². The fourth-order valence-electron chi connectivity index (χ4n) is 2.17. The van der Waals surface area contributed by atoms with Crippen molar-refractivity contribution >= 4 is 18.5 Å². The van der Waals surface area contributed by atoms with E-state index in [1.54, 1.807) is 18.2 Å². The van der Waals surface area contributed by atoms with Crippen LogP contribution >= 0.6 is 0 Å². The van der Waals surface area contributed by atoms with Crippen LogP contribution in [0.4, 0.5) is 0 Å². The topological polar surface area (TPSA) is 81.8 Å². The molecule has 0 bridgehead atoms. The van der Waals surface area contributed by atoms with E-state index in [4.69, 9.17) is 15.0 Å². The second-order valence-corrected chi connectivity index (χ2v) is 6.08. The Kier molecular flexibility index (Phi) is 3.56. The lowest BCUT2D eigenvalue weighted by Gasteiger charge is -2.32. The van der Waals surface area contributed by atoms with Gasteiger partial charge < -0.3 is 20.1 Å². The first-order valence-electron chi connectivity index (χ1n) is 6.59. The molecule has 0 aliphatic carbocycles. The third-order valence-electron chi connectivity index (χ3n) is 4.03. The van der Waals surface area contributed by atoms with Gasteiger partial charge in [-0.2, -0.15) is 0 Å². The molecule has 1 heterocycles. The number of aromatic hydroxyl groups is 1. The number of hydrogen-bond donors (Lipinski definition) is 2. The van der Waals surface area contributed by atoms with E-state index in [1.165, 1.54) is 0 Å². The minimum Gasteiger partial charge on any atom is -0.508 e. The summed E-state index contributed by atoms with van der Waals surface area (Å²) < 4.78 is 11.8. The number of phenols is 1. The maximum absolute atomic E-state index is 11.2. The Morgan fingerprint density at radius 2 is 1.80 bits per heavy atom. The van der Waals surface area contributed by atoms with Gasteiger partial charge in [0, 0.05) is 5.46 Å². The number of rotatable bonds is 3. The summed E-state index contributed by atoms with van der Waals surface area (Å²) in [6.07, 6.45) is 0.0355. The standard InChI is InChI=1S/C14H20BNO4/c1-13(2)14(3,4)20-15(19-13)12-9(8-11(16)18)6-5-7-10(12)17/h5-7,17H,8H2,1-4H3,(H2,16,18). The van der Waals surface area contributed by atoms with Gasteiger partial charge in [0.2, 0.25) is 5.91 Å². The van der Waals surface area contributed by atoms with Crippen molar-refractivity contribution in [1.82, 2.24) is 0 Å². The van der Waals surface area contributed by atoms with E-state index in [1.807, 2.05) is 27.7 Å². The summed E-state index contributed by atoms with van der Waals surface area (Å²) in [5.74, 6) is -0.421. The van der Waals surface area contributed by atoms with Crippen molar-refractivity contribution in [3.05, 3.63) is 23.8 Å². The van der Waals surface area contributed by atoms with Gasteiger partial charge in [0.05, 0.1) is 17.6 Å². The number of nitrogens with two attached hydrogens (primary N) is 1. The number of phenolic OH excluding ortho intramolecular Hbond substituents is 1. The Morgan fingerprint density at radius 3 is 2.30 bits per heavy atom. The second-order valence-electron chi connectivity index (χ2n) is 6.08. The molecule has 6 heteroatoms. The van der Waals surface area contributed by atoms with Crippen molar-refractivity contribution in [2.24, 2.45) is 5.73 Å². The highest BCUT2D eigenvalue weighted by atomic mass is 16.7. The number of primary amides is 1. The highest BCUT2D eigenvalue weighted by molar-refractivity contribution is 6.63. The fraction of sp³-hybridized carbons (Fsp3) is 0.500. The molecular formula is C14H20BNO4. The van der Waals surface area contributed by atoms with Gasteiger partial charge in [0.25, 0.3) is 0 Å². The number of carbonyl (C=O) groups is 1. The molecule has 1 aliphatic rings. The molecule has 0 radical (unpaired) electrons. The van der Waals surface area contributed by atoms with Crippen LogP contribution < -0.4 is 11.2 Å². The van der Waals surface area contributed by atoms with Crippen LogP contribution in [0.15, 0.2) is 18.2 Å². The minimum absolute atomic E-state index is 0.0355. The average Bonchev–Trinajstić information content (AvgIpc) is 2.46. The molecule has 1 amide bonds. The van der Waals surface area contributed by atoms with Crippen molar-refractivity contribution in [2.75, 3.05) is 0 Å². The normalized spacial score (nSPS) is 20.1. The first kappa shape index (κ1) is 14.9. The summed E-state index contributed by atoms with van der Waals surface area (Å²) in [7, 11) is -0.712. The lowest BCUT2D eigenvalue weighted by Crippen LogP contribution is -2.41. The minimum atomic E-state index is -0.712. The molecule has 3 N–H and O–H groups in total. The van der Waals surface area contributed by atoms with Crippen molar-refractivity contribution in [3.63, 3.8) is 0 Å². The molecule has 108 valence electrons. The Balaban J connectivity index is 2.41. The smallest absolute Gasteiger partial charge is 0.498 e. The van der Waals surface area contributed by atoms with Crippen molar-refractivity contribution < 1.29 is 19.2 Å². The van der Waals surface area contributed by atoms with Crippen LogP contribution in [0.2, 0.25) is 0 Å². The molecule has 20 heavy (non-hydrogen) atoms. The number of hydrogen-bond acceptors (Lipinski definition) is 4. The van der Waals surface area contributed by atoms with Gasteiger partial charge in [-0.05, 0) is 39.3 Å². The molecule has 1 fully saturated rings. The second kappa shape index (κ2) is 4.79. The molecule has 1 saturated heterocycles. The maximum atomic E-state index is 11.2. The van der Waals surface area contributed by atoms with Gasteiger partial charge in [-0.25, -0.2) is 0 Å². The highest BCUT2D eigenvalue weighted by Crippen LogP contribution is 2.37. The van der Waals surface area contributed by atoms with Crippen molar-refractivity contribution in [3.8, 4) is 5.75 Å². The molecule has 0 saturated carbocycles. The predicted molar refractivity (Wildman–Crippen MR) is 76.7 cm³/mol. The van der Waals surface area contributed by atoms with Gasteiger partial charge >= 0.3 is 7.12 Å². The molecule has 2 rings (SSSR count). The van der Waals surface area contributed by atoms with E-state index >= 15 is 0 Å². The first-order chi connectivity index (χ1) is 9.14. The quantitative estimate of drug-likeness (QED) is 0.797. The van der Waals surface area contributed by atoms with E-state index in [2.05, 4.69) is 0 Å². The van der Waals surface area contributed by atoms with Gasteiger partial charge in [0.15, 0.2) is 0 Å². The number of carbonyl (C=O) groups excluding carboxylic acids is 1. The summed E-state index contributed by atoms with van der Waals surface area (Å²) in [4.78, 5) is 11.2. The summed E-state index contributed by atoms with van der Waals surface area (Å²) in [5, 5.41) is 10.1. The van der Waals surface area contributed by atoms with Gasteiger partial charge in [-0.3, -0.25) is 4.79 Å². The van der Waals surface area contributed by atoms with Crippen LogP contribution in [0, 0.1) is 0 Å². The van der Waals surface area contributed by atoms with Crippen LogP contribution in [0.1, 0.15) is 33.3 Å². The Labute approximate surface area is 119 Å².